The Morgan fingerprint density at radius 1 is 1.17 bits per heavy atom. The molecule has 7 heteroatoms. The first-order chi connectivity index (χ1) is 10.9. The number of nitrogens with one attached hydrogen (secondary N) is 1. The summed E-state index contributed by atoms with van der Waals surface area (Å²) in [7, 11) is 0. The van der Waals surface area contributed by atoms with Crippen LogP contribution >= 0.6 is 0 Å². The topological polar surface area (TPSA) is 99.1 Å². The molecule has 0 radical (unpaired) electrons. The fraction of sp³-hybridized carbons (Fsp3) is 0.500. The third-order valence-electron chi connectivity index (χ3n) is 3.39. The second kappa shape index (κ2) is 9.81. The number of rotatable bonds is 4. The molecule has 0 aromatic heterocycles. The fourth-order valence-corrected chi connectivity index (χ4v) is 2.18. The molecule has 1 aliphatic heterocycles. The molecule has 7 nitrogen and oxygen atoms in total. The second-order valence-electron chi connectivity index (χ2n) is 5.32. The van der Waals surface area contributed by atoms with Gasteiger partial charge >= 0.3 is 11.9 Å². The van der Waals surface area contributed by atoms with E-state index in [2.05, 4.69) is 42.3 Å². The first kappa shape index (κ1) is 18.9. The zero-order valence-electron chi connectivity index (χ0n) is 13.5. The highest BCUT2D eigenvalue weighted by atomic mass is 16.5. The van der Waals surface area contributed by atoms with Crippen LogP contribution in [-0.2, 0) is 9.59 Å². The minimum absolute atomic E-state index is 0.782. The van der Waals surface area contributed by atoms with Crippen molar-refractivity contribution in [1.82, 2.24) is 10.2 Å². The molecule has 2 rings (SSSR count). The maximum Gasteiger partial charge on any atom is 0.414 e. The molecular formula is C16H24N2O5. The number of hydrogen-bond acceptors (Lipinski definition) is 5. The number of nitrogens with zero attached hydrogens (tertiary/aromatic N) is 1. The van der Waals surface area contributed by atoms with Crippen molar-refractivity contribution in [3.8, 4) is 5.75 Å². The van der Waals surface area contributed by atoms with Crippen LogP contribution in [0.1, 0.15) is 11.1 Å². The number of carboxylic acids is 2. The summed E-state index contributed by atoms with van der Waals surface area (Å²) >= 11 is 0. The molecule has 0 unspecified atom stereocenters. The quantitative estimate of drug-likeness (QED) is 0.703. The van der Waals surface area contributed by atoms with E-state index in [-0.39, 0.29) is 0 Å². The van der Waals surface area contributed by atoms with Gasteiger partial charge in [-0.3, -0.25) is 4.90 Å². The smallest absolute Gasteiger partial charge is 0.414 e. The Kier molecular flexibility index (Phi) is 8.07. The first-order valence-corrected chi connectivity index (χ1v) is 7.49. The lowest BCUT2D eigenvalue weighted by Gasteiger charge is -2.27. The van der Waals surface area contributed by atoms with Gasteiger partial charge in [0.25, 0.3) is 0 Å². The number of aliphatic carboxylic acids is 2. The normalized spacial score (nSPS) is 14.5. The molecule has 1 aliphatic rings. The Hall–Kier alpha value is -2.12. The Bertz CT molecular complexity index is 515. The molecule has 3 N–H and O–H groups in total. The van der Waals surface area contributed by atoms with Gasteiger partial charge in [0.1, 0.15) is 12.4 Å². The molecule has 23 heavy (non-hydrogen) atoms. The van der Waals surface area contributed by atoms with Crippen LogP contribution in [-0.4, -0.2) is 66.4 Å². The van der Waals surface area contributed by atoms with Gasteiger partial charge in [-0.2, -0.15) is 0 Å². The number of benzene rings is 1. The molecule has 0 spiro atoms. The van der Waals surface area contributed by atoms with Gasteiger partial charge in [-0.15, -0.1) is 0 Å². The van der Waals surface area contributed by atoms with Gasteiger partial charge in [-0.25, -0.2) is 9.59 Å². The Labute approximate surface area is 135 Å². The van der Waals surface area contributed by atoms with Gasteiger partial charge in [0.2, 0.25) is 0 Å². The molecule has 128 valence electrons. The van der Waals surface area contributed by atoms with Gasteiger partial charge in [0.05, 0.1) is 0 Å². The van der Waals surface area contributed by atoms with Crippen molar-refractivity contribution < 1.29 is 24.5 Å². The molecule has 1 aromatic carbocycles. The summed E-state index contributed by atoms with van der Waals surface area (Å²) in [5.41, 5.74) is 2.52. The standard InChI is InChI=1S/C14H22N2O.C2H2O4/c1-12-3-4-14(13(2)11-12)17-10-9-16-7-5-15-6-8-16;3-1(4)2(5)6/h3-4,11,15H,5-10H2,1-2H3;(H,3,4)(H,5,6). The molecule has 0 amide bonds. The lowest BCUT2D eigenvalue weighted by atomic mass is 10.1. The molecule has 1 heterocycles. The number of ether oxygens (including phenoxy) is 1. The summed E-state index contributed by atoms with van der Waals surface area (Å²) in [5, 5.41) is 18.1. The highest BCUT2D eigenvalue weighted by Gasteiger charge is 2.09. The third kappa shape index (κ3) is 7.62. The molecule has 1 aromatic rings. The molecule has 0 bridgehead atoms. The summed E-state index contributed by atoms with van der Waals surface area (Å²) in [5.74, 6) is -2.63. The molecule has 0 aliphatic carbocycles. The summed E-state index contributed by atoms with van der Waals surface area (Å²) in [6, 6.07) is 6.34. The summed E-state index contributed by atoms with van der Waals surface area (Å²) < 4.78 is 5.83. The van der Waals surface area contributed by atoms with Crippen LogP contribution in [0.25, 0.3) is 0 Å². The van der Waals surface area contributed by atoms with E-state index >= 15 is 0 Å². The first-order valence-electron chi connectivity index (χ1n) is 7.49. The maximum absolute atomic E-state index is 9.10. The van der Waals surface area contributed by atoms with Crippen molar-refractivity contribution in [3.63, 3.8) is 0 Å². The molecule has 1 fully saturated rings. The zero-order chi connectivity index (χ0) is 17.2. The van der Waals surface area contributed by atoms with Gasteiger partial charge in [0.15, 0.2) is 0 Å². The summed E-state index contributed by atoms with van der Waals surface area (Å²) in [6.07, 6.45) is 0. The van der Waals surface area contributed by atoms with E-state index in [4.69, 9.17) is 24.5 Å². The van der Waals surface area contributed by atoms with Crippen LogP contribution in [0.15, 0.2) is 18.2 Å². The van der Waals surface area contributed by atoms with Crippen LogP contribution in [0, 0.1) is 13.8 Å². The Morgan fingerprint density at radius 3 is 2.30 bits per heavy atom. The highest BCUT2D eigenvalue weighted by molar-refractivity contribution is 6.27. The van der Waals surface area contributed by atoms with Crippen LogP contribution in [0.5, 0.6) is 5.75 Å². The highest BCUT2D eigenvalue weighted by Crippen LogP contribution is 2.18. The van der Waals surface area contributed by atoms with E-state index in [1.807, 2.05) is 0 Å². The zero-order valence-corrected chi connectivity index (χ0v) is 13.5. The number of aryl methyl sites for hydroxylation is 2. The van der Waals surface area contributed by atoms with Gasteiger partial charge in [0, 0.05) is 32.7 Å². The van der Waals surface area contributed by atoms with Gasteiger partial charge in [-0.1, -0.05) is 17.7 Å². The predicted molar refractivity (Wildman–Crippen MR) is 86.0 cm³/mol. The molecule has 0 atom stereocenters. The number of piperazine rings is 1. The summed E-state index contributed by atoms with van der Waals surface area (Å²) in [6.45, 7) is 10.5. The largest absolute Gasteiger partial charge is 0.492 e. The maximum atomic E-state index is 9.10. The van der Waals surface area contributed by atoms with Crippen LogP contribution in [0.4, 0.5) is 0 Å². The van der Waals surface area contributed by atoms with E-state index in [1.165, 1.54) is 11.1 Å². The monoisotopic (exact) mass is 324 g/mol. The minimum atomic E-state index is -1.82. The van der Waals surface area contributed by atoms with Crippen molar-refractivity contribution in [2.24, 2.45) is 0 Å². The van der Waals surface area contributed by atoms with Crippen LogP contribution < -0.4 is 10.1 Å². The third-order valence-corrected chi connectivity index (χ3v) is 3.39. The average Bonchev–Trinajstić information content (AvgIpc) is 2.51. The van der Waals surface area contributed by atoms with E-state index in [9.17, 15) is 0 Å². The molecular weight excluding hydrogens is 300 g/mol. The number of carboxylic acid groups (broad SMARTS) is 2. The van der Waals surface area contributed by atoms with Crippen LogP contribution in [0.2, 0.25) is 0 Å². The van der Waals surface area contributed by atoms with Crippen molar-refractivity contribution in [3.05, 3.63) is 29.3 Å². The fourth-order valence-electron chi connectivity index (χ4n) is 2.18. The second-order valence-corrected chi connectivity index (χ2v) is 5.32. The SMILES string of the molecule is Cc1ccc(OCCN2CCNCC2)c(C)c1.O=C(O)C(=O)O. The molecule has 0 saturated carbocycles. The van der Waals surface area contributed by atoms with Crippen molar-refractivity contribution in [2.45, 2.75) is 13.8 Å². The van der Waals surface area contributed by atoms with Crippen molar-refractivity contribution >= 4 is 11.9 Å². The lowest BCUT2D eigenvalue weighted by Crippen LogP contribution is -2.44. The minimum Gasteiger partial charge on any atom is -0.492 e. The van der Waals surface area contributed by atoms with Gasteiger partial charge < -0.3 is 20.3 Å². The van der Waals surface area contributed by atoms with E-state index < -0.39 is 11.9 Å². The van der Waals surface area contributed by atoms with Crippen molar-refractivity contribution in [2.75, 3.05) is 39.3 Å². The van der Waals surface area contributed by atoms with Crippen LogP contribution in [0.3, 0.4) is 0 Å². The summed E-state index contributed by atoms with van der Waals surface area (Å²) in [4.78, 5) is 20.6. The average molecular weight is 324 g/mol. The van der Waals surface area contributed by atoms with Crippen molar-refractivity contribution in [1.29, 1.82) is 0 Å². The number of hydrogen-bond donors (Lipinski definition) is 3. The van der Waals surface area contributed by atoms with E-state index in [0.717, 1.165) is 45.1 Å². The lowest BCUT2D eigenvalue weighted by molar-refractivity contribution is -0.159. The molecule has 1 saturated heterocycles. The number of carbonyl (C=O) groups is 2. The predicted octanol–water partition coefficient (Wildman–Crippen LogP) is 0.743. The van der Waals surface area contributed by atoms with E-state index in [1.54, 1.807) is 0 Å². The van der Waals surface area contributed by atoms with Gasteiger partial charge in [-0.05, 0) is 25.5 Å². The Morgan fingerprint density at radius 2 is 1.78 bits per heavy atom. The Balaban J connectivity index is 0.000000379. The van der Waals surface area contributed by atoms with E-state index in [0.29, 0.717) is 0 Å².